The van der Waals surface area contributed by atoms with Crippen molar-refractivity contribution in [3.8, 4) is 11.3 Å². The minimum atomic E-state index is -0.231. The van der Waals surface area contributed by atoms with Crippen LogP contribution < -0.4 is 5.32 Å². The van der Waals surface area contributed by atoms with E-state index in [4.69, 9.17) is 4.42 Å². The Morgan fingerprint density at radius 2 is 1.88 bits per heavy atom. The van der Waals surface area contributed by atoms with Gasteiger partial charge in [-0.2, -0.15) is 0 Å². The van der Waals surface area contributed by atoms with Crippen LogP contribution in [0.2, 0.25) is 0 Å². The molecule has 0 saturated heterocycles. The van der Waals surface area contributed by atoms with Gasteiger partial charge in [0.1, 0.15) is 17.3 Å². The Labute approximate surface area is 100 Å². The smallest absolute Gasteiger partial charge is 0.134 e. The molecule has 0 aliphatic heterocycles. The minimum Gasteiger partial charge on any atom is -0.460 e. The normalized spacial score (nSPS) is 10.7. The second kappa shape index (κ2) is 5.64. The van der Waals surface area contributed by atoms with Crippen molar-refractivity contribution in [3.05, 3.63) is 48.0 Å². The molecule has 0 amide bonds. The molecule has 0 saturated carbocycles. The second-order valence-electron chi connectivity index (χ2n) is 3.95. The molecule has 0 unspecified atom stereocenters. The lowest BCUT2D eigenvalue weighted by Gasteiger charge is -1.99. The summed E-state index contributed by atoms with van der Waals surface area (Å²) in [5.41, 5.74) is 0.896. The number of nitrogens with one attached hydrogen (secondary N) is 1. The highest BCUT2D eigenvalue weighted by atomic mass is 19.1. The van der Waals surface area contributed by atoms with E-state index >= 15 is 0 Å². The first-order valence-corrected chi connectivity index (χ1v) is 5.85. The van der Waals surface area contributed by atoms with Gasteiger partial charge >= 0.3 is 0 Å². The van der Waals surface area contributed by atoms with E-state index in [0.717, 1.165) is 36.6 Å². The van der Waals surface area contributed by atoms with Crippen LogP contribution in [0.3, 0.4) is 0 Å². The largest absolute Gasteiger partial charge is 0.460 e. The summed E-state index contributed by atoms with van der Waals surface area (Å²) in [5, 5.41) is 3.27. The summed E-state index contributed by atoms with van der Waals surface area (Å²) < 4.78 is 18.4. The molecule has 90 valence electrons. The average Bonchev–Trinajstić information content (AvgIpc) is 2.79. The molecule has 1 N–H and O–H groups in total. The lowest BCUT2D eigenvalue weighted by Crippen LogP contribution is -2.12. The second-order valence-corrected chi connectivity index (χ2v) is 3.95. The summed E-state index contributed by atoms with van der Waals surface area (Å²) >= 11 is 0. The standard InChI is InChI=1S/C14H16FNO/c1-2-9-16-10-13-7-8-14(17-13)11-3-5-12(15)6-4-11/h3-8,16H,2,9-10H2,1H3. The van der Waals surface area contributed by atoms with E-state index in [0.29, 0.717) is 0 Å². The lowest BCUT2D eigenvalue weighted by atomic mass is 10.2. The Bertz CT molecular complexity index is 461. The molecule has 1 aromatic carbocycles. The van der Waals surface area contributed by atoms with Gasteiger partial charge in [0, 0.05) is 5.56 Å². The van der Waals surface area contributed by atoms with Crippen molar-refractivity contribution in [2.75, 3.05) is 6.54 Å². The molecule has 1 heterocycles. The van der Waals surface area contributed by atoms with Crippen LogP contribution >= 0.6 is 0 Å². The lowest BCUT2D eigenvalue weighted by molar-refractivity contribution is 0.493. The number of halogens is 1. The summed E-state index contributed by atoms with van der Waals surface area (Å²) in [7, 11) is 0. The molecule has 0 radical (unpaired) electrons. The molecule has 0 aliphatic rings. The number of benzene rings is 1. The van der Waals surface area contributed by atoms with Gasteiger partial charge in [-0.25, -0.2) is 4.39 Å². The highest BCUT2D eigenvalue weighted by Crippen LogP contribution is 2.22. The van der Waals surface area contributed by atoms with Gasteiger partial charge in [0.2, 0.25) is 0 Å². The van der Waals surface area contributed by atoms with Crippen LogP contribution in [0.1, 0.15) is 19.1 Å². The van der Waals surface area contributed by atoms with Crippen molar-refractivity contribution in [1.29, 1.82) is 0 Å². The minimum absolute atomic E-state index is 0.231. The topological polar surface area (TPSA) is 25.2 Å². The maximum Gasteiger partial charge on any atom is 0.134 e. The van der Waals surface area contributed by atoms with Gasteiger partial charge in [-0.1, -0.05) is 6.92 Å². The van der Waals surface area contributed by atoms with Crippen LogP contribution in [-0.2, 0) is 6.54 Å². The Morgan fingerprint density at radius 3 is 2.59 bits per heavy atom. The monoisotopic (exact) mass is 233 g/mol. The SMILES string of the molecule is CCCNCc1ccc(-c2ccc(F)cc2)o1. The van der Waals surface area contributed by atoms with Crippen LogP contribution in [0.4, 0.5) is 4.39 Å². The van der Waals surface area contributed by atoms with E-state index in [9.17, 15) is 4.39 Å². The van der Waals surface area contributed by atoms with Crippen molar-refractivity contribution in [1.82, 2.24) is 5.32 Å². The molecule has 2 aromatic rings. The predicted molar refractivity (Wildman–Crippen MR) is 66.1 cm³/mol. The Balaban J connectivity index is 2.04. The zero-order valence-electron chi connectivity index (χ0n) is 9.87. The Morgan fingerprint density at radius 1 is 1.12 bits per heavy atom. The molecule has 17 heavy (non-hydrogen) atoms. The zero-order chi connectivity index (χ0) is 12.1. The fraction of sp³-hybridized carbons (Fsp3) is 0.286. The number of rotatable bonds is 5. The van der Waals surface area contributed by atoms with Crippen LogP contribution in [-0.4, -0.2) is 6.54 Å². The molecule has 1 aromatic heterocycles. The molecule has 0 fully saturated rings. The fourth-order valence-electron chi connectivity index (χ4n) is 1.63. The Kier molecular flexibility index (Phi) is 3.94. The molecule has 0 aliphatic carbocycles. The number of furan rings is 1. The summed E-state index contributed by atoms with van der Waals surface area (Å²) in [6, 6.07) is 10.2. The van der Waals surface area contributed by atoms with E-state index in [1.165, 1.54) is 12.1 Å². The summed E-state index contributed by atoms with van der Waals surface area (Å²) in [4.78, 5) is 0. The number of hydrogen-bond acceptors (Lipinski definition) is 2. The van der Waals surface area contributed by atoms with Crippen LogP contribution in [0.25, 0.3) is 11.3 Å². The van der Waals surface area contributed by atoms with Gasteiger partial charge < -0.3 is 9.73 Å². The van der Waals surface area contributed by atoms with Crippen LogP contribution in [0, 0.1) is 5.82 Å². The van der Waals surface area contributed by atoms with Gasteiger partial charge in [0.25, 0.3) is 0 Å². The maximum absolute atomic E-state index is 12.8. The fourth-order valence-corrected chi connectivity index (χ4v) is 1.63. The average molecular weight is 233 g/mol. The van der Waals surface area contributed by atoms with Crippen molar-refractivity contribution in [3.63, 3.8) is 0 Å². The first-order chi connectivity index (χ1) is 8.29. The molecule has 2 nitrogen and oxygen atoms in total. The van der Waals surface area contributed by atoms with Gasteiger partial charge in [0.15, 0.2) is 0 Å². The van der Waals surface area contributed by atoms with Crippen molar-refractivity contribution in [2.45, 2.75) is 19.9 Å². The third-order valence-electron chi connectivity index (χ3n) is 2.52. The van der Waals surface area contributed by atoms with E-state index in [1.54, 1.807) is 12.1 Å². The number of hydrogen-bond donors (Lipinski definition) is 1. The van der Waals surface area contributed by atoms with E-state index < -0.39 is 0 Å². The van der Waals surface area contributed by atoms with Crippen LogP contribution in [0.5, 0.6) is 0 Å². The highest BCUT2D eigenvalue weighted by molar-refractivity contribution is 5.57. The maximum atomic E-state index is 12.8. The Hall–Kier alpha value is -1.61. The quantitative estimate of drug-likeness (QED) is 0.798. The molecule has 0 spiro atoms. The summed E-state index contributed by atoms with van der Waals surface area (Å²) in [6.07, 6.45) is 1.10. The van der Waals surface area contributed by atoms with Crippen molar-refractivity contribution in [2.24, 2.45) is 0 Å². The van der Waals surface area contributed by atoms with E-state index in [2.05, 4.69) is 12.2 Å². The summed E-state index contributed by atoms with van der Waals surface area (Å²) in [5.74, 6) is 1.45. The summed E-state index contributed by atoms with van der Waals surface area (Å²) in [6.45, 7) is 3.83. The van der Waals surface area contributed by atoms with Gasteiger partial charge in [-0.05, 0) is 49.4 Å². The van der Waals surface area contributed by atoms with Gasteiger partial charge in [0.05, 0.1) is 6.54 Å². The third kappa shape index (κ3) is 3.17. The van der Waals surface area contributed by atoms with Crippen LogP contribution in [0.15, 0.2) is 40.8 Å². The predicted octanol–water partition coefficient (Wildman–Crippen LogP) is 3.59. The zero-order valence-corrected chi connectivity index (χ0v) is 9.87. The van der Waals surface area contributed by atoms with E-state index in [1.807, 2.05) is 12.1 Å². The van der Waals surface area contributed by atoms with Crippen molar-refractivity contribution >= 4 is 0 Å². The molecule has 0 atom stereocenters. The molecule has 0 bridgehead atoms. The highest BCUT2D eigenvalue weighted by Gasteiger charge is 2.04. The van der Waals surface area contributed by atoms with Gasteiger partial charge in [-0.15, -0.1) is 0 Å². The molecule has 3 heteroatoms. The van der Waals surface area contributed by atoms with Crippen molar-refractivity contribution < 1.29 is 8.81 Å². The molecular formula is C14H16FNO. The first kappa shape index (κ1) is 11.9. The van der Waals surface area contributed by atoms with E-state index in [-0.39, 0.29) is 5.82 Å². The first-order valence-electron chi connectivity index (χ1n) is 5.85. The molecular weight excluding hydrogens is 217 g/mol. The van der Waals surface area contributed by atoms with Gasteiger partial charge in [-0.3, -0.25) is 0 Å². The molecule has 2 rings (SSSR count). The third-order valence-corrected chi connectivity index (χ3v) is 2.52.